The lowest BCUT2D eigenvalue weighted by molar-refractivity contribution is -0.141. The van der Waals surface area contributed by atoms with Gasteiger partial charge in [0.15, 0.2) is 0 Å². The monoisotopic (exact) mass is 512 g/mol. The van der Waals surface area contributed by atoms with Gasteiger partial charge in [-0.15, -0.1) is 0 Å². The minimum absolute atomic E-state index is 0.0450. The number of carbonyl (C=O) groups excluding carboxylic acids is 2. The highest BCUT2D eigenvalue weighted by atomic mass is 16.5. The molecule has 37 heavy (non-hydrogen) atoms. The molecule has 2 aliphatic carbocycles. The molecule has 1 aliphatic heterocycles. The number of hydrogen-bond donors (Lipinski definition) is 3. The predicted molar refractivity (Wildman–Crippen MR) is 143 cm³/mol. The highest BCUT2D eigenvalue weighted by molar-refractivity contribution is 5.96. The third-order valence-corrected chi connectivity index (χ3v) is 8.20. The van der Waals surface area contributed by atoms with Crippen molar-refractivity contribution in [2.75, 3.05) is 13.2 Å². The summed E-state index contributed by atoms with van der Waals surface area (Å²) >= 11 is 0. The fourth-order valence-electron chi connectivity index (χ4n) is 6.32. The van der Waals surface area contributed by atoms with Crippen LogP contribution in [0.4, 0.5) is 0 Å². The summed E-state index contributed by atoms with van der Waals surface area (Å²) in [5, 5.41) is 23.8. The minimum atomic E-state index is -0.945. The number of rotatable bonds is 11. The molecule has 1 fully saturated rings. The molecule has 7 nitrogen and oxygen atoms in total. The van der Waals surface area contributed by atoms with Gasteiger partial charge in [0.05, 0.1) is 18.6 Å². The van der Waals surface area contributed by atoms with Crippen molar-refractivity contribution in [2.45, 2.75) is 114 Å². The van der Waals surface area contributed by atoms with Crippen LogP contribution in [0.5, 0.6) is 5.75 Å². The van der Waals surface area contributed by atoms with Crippen LogP contribution in [-0.2, 0) is 9.59 Å². The number of fused-ring (bicyclic) bond motifs is 3. The van der Waals surface area contributed by atoms with E-state index in [1.54, 1.807) is 0 Å². The summed E-state index contributed by atoms with van der Waals surface area (Å²) in [4.78, 5) is 29.0. The SMILES string of the molecule is CCCCCCCC(=O)N(C1CCCCCC1)[C@@H]1C=C(C(=O)NCCO)[C@@H]2c3ccccc3O[C@@H]2[C@H]1O. The van der Waals surface area contributed by atoms with Crippen molar-refractivity contribution in [1.82, 2.24) is 10.2 Å². The molecule has 3 aliphatic rings. The van der Waals surface area contributed by atoms with E-state index in [1.165, 1.54) is 6.42 Å². The number of para-hydroxylation sites is 1. The van der Waals surface area contributed by atoms with Crippen molar-refractivity contribution in [3.05, 3.63) is 41.5 Å². The molecule has 1 aromatic rings. The van der Waals surface area contributed by atoms with Crippen molar-refractivity contribution >= 4 is 11.8 Å². The second-order valence-corrected chi connectivity index (χ2v) is 10.8. The first kappa shape index (κ1) is 27.6. The molecule has 4 atom stereocenters. The Balaban J connectivity index is 1.66. The van der Waals surface area contributed by atoms with Crippen molar-refractivity contribution in [2.24, 2.45) is 0 Å². The van der Waals surface area contributed by atoms with Crippen LogP contribution in [0.2, 0.25) is 0 Å². The zero-order valence-electron chi connectivity index (χ0n) is 22.2. The number of benzene rings is 1. The lowest BCUT2D eigenvalue weighted by Crippen LogP contribution is -2.58. The van der Waals surface area contributed by atoms with Gasteiger partial charge in [0, 0.05) is 30.1 Å². The van der Waals surface area contributed by atoms with Crippen molar-refractivity contribution in [3.8, 4) is 5.75 Å². The summed E-state index contributed by atoms with van der Waals surface area (Å²) in [7, 11) is 0. The molecule has 1 saturated carbocycles. The normalized spacial score (nSPS) is 25.3. The second-order valence-electron chi connectivity index (χ2n) is 10.8. The van der Waals surface area contributed by atoms with Crippen LogP contribution in [-0.4, -0.2) is 64.4 Å². The molecule has 4 rings (SSSR count). The number of ether oxygens (including phenoxy) is 1. The van der Waals surface area contributed by atoms with E-state index in [0.29, 0.717) is 17.7 Å². The predicted octanol–water partition coefficient (Wildman–Crippen LogP) is 4.22. The molecule has 3 N–H and O–H groups in total. The Morgan fingerprint density at radius 3 is 2.51 bits per heavy atom. The Labute approximate surface area is 221 Å². The second kappa shape index (κ2) is 13.4. The van der Waals surface area contributed by atoms with Gasteiger partial charge in [-0.25, -0.2) is 0 Å². The van der Waals surface area contributed by atoms with E-state index in [9.17, 15) is 19.8 Å². The third kappa shape index (κ3) is 6.37. The van der Waals surface area contributed by atoms with E-state index in [2.05, 4.69) is 12.2 Å². The quantitative estimate of drug-likeness (QED) is 0.305. The van der Waals surface area contributed by atoms with E-state index in [-0.39, 0.29) is 31.0 Å². The number of unbranched alkanes of at least 4 members (excludes halogenated alkanes) is 4. The smallest absolute Gasteiger partial charge is 0.247 e. The zero-order chi connectivity index (χ0) is 26.2. The molecule has 1 heterocycles. The van der Waals surface area contributed by atoms with Gasteiger partial charge in [-0.1, -0.05) is 76.5 Å². The average Bonchev–Trinajstić information content (AvgIpc) is 3.09. The largest absolute Gasteiger partial charge is 0.486 e. The van der Waals surface area contributed by atoms with E-state index in [4.69, 9.17) is 4.74 Å². The highest BCUT2D eigenvalue weighted by Gasteiger charge is 2.51. The molecule has 0 spiro atoms. The molecular formula is C30H44N2O5. The Morgan fingerprint density at radius 2 is 1.78 bits per heavy atom. The number of carbonyl (C=O) groups is 2. The summed E-state index contributed by atoms with van der Waals surface area (Å²) in [6.07, 6.45) is 12.3. The van der Waals surface area contributed by atoms with Crippen LogP contribution in [0.1, 0.15) is 95.5 Å². The van der Waals surface area contributed by atoms with Gasteiger partial charge >= 0.3 is 0 Å². The molecule has 2 amide bonds. The molecule has 0 radical (unpaired) electrons. The fourth-order valence-corrected chi connectivity index (χ4v) is 6.32. The first-order chi connectivity index (χ1) is 18.1. The maximum absolute atomic E-state index is 13.8. The van der Waals surface area contributed by atoms with Gasteiger partial charge in [0.2, 0.25) is 11.8 Å². The number of nitrogens with zero attached hydrogens (tertiary/aromatic N) is 1. The summed E-state index contributed by atoms with van der Waals surface area (Å²) in [6, 6.07) is 7.01. The first-order valence-corrected chi connectivity index (χ1v) is 14.4. The molecule has 0 bridgehead atoms. The van der Waals surface area contributed by atoms with Gasteiger partial charge < -0.3 is 25.2 Å². The van der Waals surface area contributed by atoms with Crippen molar-refractivity contribution in [1.29, 1.82) is 0 Å². The van der Waals surface area contributed by atoms with E-state index in [0.717, 1.165) is 69.8 Å². The standard InChI is InChI=1S/C30H44N2O5/c1-2-3-4-5-10-17-26(34)32(21-13-8-6-7-9-14-21)24-20-23(30(36)31-18-19-33)27-22-15-11-12-16-25(22)37-29(27)28(24)35/h11-12,15-16,20-21,24,27-29,33,35H,2-10,13-14,17-19H2,1H3,(H,31,36)/t24-,27+,28+,29+/m1/s1. The van der Waals surface area contributed by atoms with Crippen LogP contribution >= 0.6 is 0 Å². The summed E-state index contributed by atoms with van der Waals surface area (Å²) in [5.74, 6) is 0.0319. The van der Waals surface area contributed by atoms with Crippen LogP contribution in [0.3, 0.4) is 0 Å². The summed E-state index contributed by atoms with van der Waals surface area (Å²) in [5.41, 5.74) is 1.38. The van der Waals surface area contributed by atoms with E-state index in [1.807, 2.05) is 35.2 Å². The highest BCUT2D eigenvalue weighted by Crippen LogP contribution is 2.47. The fraction of sp³-hybridized carbons (Fsp3) is 0.667. The number of amides is 2. The van der Waals surface area contributed by atoms with Gasteiger partial charge in [-0.3, -0.25) is 9.59 Å². The first-order valence-electron chi connectivity index (χ1n) is 14.4. The van der Waals surface area contributed by atoms with Gasteiger partial charge in [0.25, 0.3) is 0 Å². The van der Waals surface area contributed by atoms with Gasteiger partial charge in [-0.05, 0) is 31.4 Å². The van der Waals surface area contributed by atoms with Crippen LogP contribution in [0, 0.1) is 0 Å². The molecule has 7 heteroatoms. The lowest BCUT2D eigenvalue weighted by Gasteiger charge is -2.44. The Kier molecular flexibility index (Phi) is 10.0. The van der Waals surface area contributed by atoms with Crippen LogP contribution in [0.25, 0.3) is 0 Å². The lowest BCUT2D eigenvalue weighted by atomic mass is 9.77. The maximum Gasteiger partial charge on any atom is 0.247 e. The van der Waals surface area contributed by atoms with Gasteiger partial charge in [-0.2, -0.15) is 0 Å². The third-order valence-electron chi connectivity index (χ3n) is 8.20. The maximum atomic E-state index is 13.8. The molecule has 1 aromatic carbocycles. The Bertz CT molecular complexity index is 940. The number of hydrogen-bond acceptors (Lipinski definition) is 5. The van der Waals surface area contributed by atoms with Crippen molar-refractivity contribution in [3.63, 3.8) is 0 Å². The molecule has 204 valence electrons. The molecule has 0 unspecified atom stereocenters. The number of nitrogens with one attached hydrogen (secondary N) is 1. The summed E-state index contributed by atoms with van der Waals surface area (Å²) < 4.78 is 6.25. The summed E-state index contributed by atoms with van der Waals surface area (Å²) in [6.45, 7) is 2.17. The van der Waals surface area contributed by atoms with Crippen LogP contribution in [0.15, 0.2) is 35.9 Å². The number of aliphatic hydroxyl groups is 2. The molecule has 0 saturated heterocycles. The molecular weight excluding hydrogens is 468 g/mol. The number of aliphatic hydroxyl groups excluding tert-OH is 2. The van der Waals surface area contributed by atoms with E-state index < -0.39 is 24.2 Å². The Morgan fingerprint density at radius 1 is 1.05 bits per heavy atom. The van der Waals surface area contributed by atoms with Gasteiger partial charge in [0.1, 0.15) is 18.0 Å². The minimum Gasteiger partial charge on any atom is -0.486 e. The topological polar surface area (TPSA) is 99.1 Å². The van der Waals surface area contributed by atoms with Crippen molar-refractivity contribution < 1.29 is 24.5 Å². The average molecular weight is 513 g/mol. The van der Waals surface area contributed by atoms with Crippen LogP contribution < -0.4 is 10.1 Å². The Hall–Kier alpha value is -2.38. The molecule has 0 aromatic heterocycles. The zero-order valence-corrected chi connectivity index (χ0v) is 22.2. The van der Waals surface area contributed by atoms with E-state index >= 15 is 0 Å².